The lowest BCUT2D eigenvalue weighted by atomic mass is 10.1. The van der Waals surface area contributed by atoms with E-state index in [1.807, 2.05) is 20.8 Å². The monoisotopic (exact) mass is 352 g/mol. The Kier molecular flexibility index (Phi) is 6.62. The number of hydrogen-bond donors (Lipinski definition) is 2. The van der Waals surface area contributed by atoms with E-state index in [-0.39, 0.29) is 12.1 Å². The van der Waals surface area contributed by atoms with Gasteiger partial charge in [0.15, 0.2) is 0 Å². The van der Waals surface area contributed by atoms with E-state index in [4.69, 9.17) is 4.74 Å². The van der Waals surface area contributed by atoms with Crippen LogP contribution >= 0.6 is 22.7 Å². The highest BCUT2D eigenvalue weighted by atomic mass is 32.1. The van der Waals surface area contributed by atoms with Crippen molar-refractivity contribution in [3.63, 3.8) is 0 Å². The lowest BCUT2D eigenvalue weighted by Crippen LogP contribution is -2.37. The zero-order chi connectivity index (χ0) is 16.7. The normalized spacial score (nSPS) is 12.8. The number of thiophene rings is 2. The fraction of sp³-hybridized carbons (Fsp3) is 0.471. The van der Waals surface area contributed by atoms with Gasteiger partial charge in [-0.2, -0.15) is 0 Å². The molecule has 0 fully saturated rings. The van der Waals surface area contributed by atoms with Crippen LogP contribution in [0.3, 0.4) is 0 Å². The van der Waals surface area contributed by atoms with Crippen molar-refractivity contribution in [3.8, 4) is 0 Å². The Morgan fingerprint density at radius 3 is 2.52 bits per heavy atom. The van der Waals surface area contributed by atoms with Gasteiger partial charge in [-0.25, -0.2) is 4.79 Å². The fourth-order valence-corrected chi connectivity index (χ4v) is 3.67. The van der Waals surface area contributed by atoms with Crippen molar-refractivity contribution in [3.05, 3.63) is 44.8 Å². The SMILES string of the molecule is CC(C)(C)OC(=O)NCCNC(Cc1cccs1)c1cccs1. The molecule has 2 aromatic heterocycles. The predicted molar refractivity (Wildman–Crippen MR) is 97.3 cm³/mol. The van der Waals surface area contributed by atoms with Crippen LogP contribution in [-0.2, 0) is 11.2 Å². The minimum Gasteiger partial charge on any atom is -0.444 e. The molecule has 0 spiro atoms. The summed E-state index contributed by atoms with van der Waals surface area (Å²) in [4.78, 5) is 14.3. The smallest absolute Gasteiger partial charge is 0.407 e. The topological polar surface area (TPSA) is 50.4 Å². The summed E-state index contributed by atoms with van der Waals surface area (Å²) < 4.78 is 5.23. The first-order chi connectivity index (χ1) is 10.9. The maximum absolute atomic E-state index is 11.6. The molecule has 1 amide bonds. The number of amides is 1. The molecule has 1 unspecified atom stereocenters. The number of alkyl carbamates (subject to hydrolysis) is 1. The highest BCUT2D eigenvalue weighted by Crippen LogP contribution is 2.24. The summed E-state index contributed by atoms with van der Waals surface area (Å²) in [7, 11) is 0. The van der Waals surface area contributed by atoms with E-state index in [1.165, 1.54) is 9.75 Å². The van der Waals surface area contributed by atoms with Gasteiger partial charge in [-0.05, 0) is 43.7 Å². The molecule has 0 radical (unpaired) electrons. The van der Waals surface area contributed by atoms with Crippen molar-refractivity contribution >= 4 is 28.8 Å². The third-order valence-corrected chi connectivity index (χ3v) is 4.94. The lowest BCUT2D eigenvalue weighted by molar-refractivity contribution is 0.0528. The van der Waals surface area contributed by atoms with Crippen LogP contribution in [-0.4, -0.2) is 24.8 Å². The molecule has 0 aliphatic heterocycles. The fourth-order valence-electron chi connectivity index (χ4n) is 2.12. The van der Waals surface area contributed by atoms with Crippen LogP contribution in [0.1, 0.15) is 36.6 Å². The zero-order valence-corrected chi connectivity index (χ0v) is 15.4. The van der Waals surface area contributed by atoms with Crippen LogP contribution in [0.25, 0.3) is 0 Å². The molecule has 23 heavy (non-hydrogen) atoms. The second-order valence-corrected chi connectivity index (χ2v) is 8.25. The Morgan fingerprint density at radius 1 is 1.17 bits per heavy atom. The third-order valence-electron chi connectivity index (χ3n) is 3.06. The molecular weight excluding hydrogens is 328 g/mol. The number of ether oxygens (including phenoxy) is 1. The highest BCUT2D eigenvalue weighted by Gasteiger charge is 2.16. The van der Waals surface area contributed by atoms with E-state index < -0.39 is 5.60 Å². The largest absolute Gasteiger partial charge is 0.444 e. The maximum Gasteiger partial charge on any atom is 0.407 e. The Bertz CT molecular complexity index is 574. The van der Waals surface area contributed by atoms with Crippen molar-refractivity contribution in [2.24, 2.45) is 0 Å². The van der Waals surface area contributed by atoms with Crippen LogP contribution in [0.15, 0.2) is 35.0 Å². The van der Waals surface area contributed by atoms with E-state index in [9.17, 15) is 4.79 Å². The summed E-state index contributed by atoms with van der Waals surface area (Å²) in [5, 5.41) is 10.5. The van der Waals surface area contributed by atoms with E-state index in [0.717, 1.165) is 6.42 Å². The second-order valence-electron chi connectivity index (χ2n) is 6.23. The molecule has 0 saturated carbocycles. The zero-order valence-electron chi connectivity index (χ0n) is 13.8. The van der Waals surface area contributed by atoms with Crippen molar-refractivity contribution in [2.75, 3.05) is 13.1 Å². The first-order valence-electron chi connectivity index (χ1n) is 7.70. The maximum atomic E-state index is 11.6. The molecule has 126 valence electrons. The Hall–Kier alpha value is -1.37. The standard InChI is InChI=1S/C17H24N2O2S2/c1-17(2,3)21-16(20)19-9-8-18-14(15-7-5-11-23-15)12-13-6-4-10-22-13/h4-7,10-11,14,18H,8-9,12H2,1-3H3,(H,19,20). The number of hydrogen-bond acceptors (Lipinski definition) is 5. The molecule has 0 saturated heterocycles. The van der Waals surface area contributed by atoms with Gasteiger partial charge in [-0.3, -0.25) is 0 Å². The summed E-state index contributed by atoms with van der Waals surface area (Å²) in [5.41, 5.74) is -0.462. The lowest BCUT2D eigenvalue weighted by Gasteiger charge is -2.20. The molecule has 0 aliphatic rings. The minimum atomic E-state index is -0.462. The van der Waals surface area contributed by atoms with Crippen molar-refractivity contribution in [2.45, 2.75) is 38.8 Å². The predicted octanol–water partition coefficient (Wildman–Crippen LogP) is 4.21. The van der Waals surface area contributed by atoms with Crippen LogP contribution in [0.2, 0.25) is 0 Å². The van der Waals surface area contributed by atoms with Gasteiger partial charge in [0, 0.05) is 35.3 Å². The highest BCUT2D eigenvalue weighted by molar-refractivity contribution is 7.10. The molecule has 2 N–H and O–H groups in total. The van der Waals surface area contributed by atoms with Crippen LogP contribution in [0.5, 0.6) is 0 Å². The molecule has 2 rings (SSSR count). The Balaban J connectivity index is 1.79. The van der Waals surface area contributed by atoms with Gasteiger partial charge in [0.2, 0.25) is 0 Å². The molecule has 4 nitrogen and oxygen atoms in total. The quantitative estimate of drug-likeness (QED) is 0.734. The first kappa shape index (κ1) is 18.0. The summed E-state index contributed by atoms with van der Waals surface area (Å²) in [6.45, 7) is 6.82. The van der Waals surface area contributed by atoms with Crippen LogP contribution < -0.4 is 10.6 Å². The number of carbonyl (C=O) groups excluding carboxylic acids is 1. The van der Waals surface area contributed by atoms with Gasteiger partial charge < -0.3 is 15.4 Å². The number of carbonyl (C=O) groups is 1. The first-order valence-corrected chi connectivity index (χ1v) is 9.46. The van der Waals surface area contributed by atoms with Gasteiger partial charge in [0.25, 0.3) is 0 Å². The van der Waals surface area contributed by atoms with Crippen molar-refractivity contribution in [1.82, 2.24) is 10.6 Å². The van der Waals surface area contributed by atoms with Crippen molar-refractivity contribution in [1.29, 1.82) is 0 Å². The van der Waals surface area contributed by atoms with E-state index in [0.29, 0.717) is 13.1 Å². The van der Waals surface area contributed by atoms with E-state index in [1.54, 1.807) is 22.7 Å². The van der Waals surface area contributed by atoms with E-state index in [2.05, 4.69) is 45.7 Å². The van der Waals surface area contributed by atoms with Gasteiger partial charge >= 0.3 is 6.09 Å². The second kappa shape index (κ2) is 8.47. The molecule has 2 aromatic rings. The molecular formula is C17H24N2O2S2. The molecule has 0 aromatic carbocycles. The van der Waals surface area contributed by atoms with Gasteiger partial charge in [-0.15, -0.1) is 22.7 Å². The molecule has 2 heterocycles. The Labute approximate surface area is 145 Å². The summed E-state index contributed by atoms with van der Waals surface area (Å²) in [5.74, 6) is 0. The van der Waals surface area contributed by atoms with Gasteiger partial charge in [0.1, 0.15) is 5.60 Å². The average molecular weight is 353 g/mol. The van der Waals surface area contributed by atoms with Gasteiger partial charge in [-0.1, -0.05) is 12.1 Å². The average Bonchev–Trinajstić information content (AvgIpc) is 3.12. The van der Waals surface area contributed by atoms with Gasteiger partial charge in [0.05, 0.1) is 0 Å². The molecule has 0 bridgehead atoms. The van der Waals surface area contributed by atoms with E-state index >= 15 is 0 Å². The van der Waals surface area contributed by atoms with Crippen LogP contribution in [0, 0.1) is 0 Å². The summed E-state index contributed by atoms with van der Waals surface area (Å²) in [6, 6.07) is 8.73. The minimum absolute atomic E-state index is 0.272. The molecule has 6 heteroatoms. The number of rotatable bonds is 7. The van der Waals surface area contributed by atoms with Crippen LogP contribution in [0.4, 0.5) is 4.79 Å². The number of nitrogens with one attached hydrogen (secondary N) is 2. The molecule has 1 atom stereocenters. The Morgan fingerprint density at radius 2 is 1.91 bits per heavy atom. The summed E-state index contributed by atoms with van der Waals surface area (Å²) >= 11 is 3.53. The third kappa shape index (κ3) is 6.72. The van der Waals surface area contributed by atoms with Crippen molar-refractivity contribution < 1.29 is 9.53 Å². The molecule has 0 aliphatic carbocycles. The summed E-state index contributed by atoms with van der Waals surface area (Å²) in [6.07, 6.45) is 0.593.